The topological polar surface area (TPSA) is 18.5 Å². The standard InChI is InChI=1S/C11H20O2/c1-4-10(3)6-7-13-11(5-2)8-12-9-11/h4,10H,1,5-9H2,2-3H3. The summed E-state index contributed by atoms with van der Waals surface area (Å²) in [7, 11) is 0. The van der Waals surface area contributed by atoms with Gasteiger partial charge in [0.1, 0.15) is 5.60 Å². The fourth-order valence-electron chi connectivity index (χ4n) is 1.30. The van der Waals surface area contributed by atoms with Crippen molar-refractivity contribution in [2.45, 2.75) is 32.3 Å². The van der Waals surface area contributed by atoms with E-state index in [1.54, 1.807) is 0 Å². The SMILES string of the molecule is C=CC(C)CCOC1(CC)COC1. The molecule has 0 aromatic carbocycles. The van der Waals surface area contributed by atoms with Gasteiger partial charge in [-0.3, -0.25) is 0 Å². The molecule has 1 fully saturated rings. The first kappa shape index (κ1) is 10.7. The Bertz CT molecular complexity index is 156. The van der Waals surface area contributed by atoms with Crippen LogP contribution in [-0.4, -0.2) is 25.4 Å². The van der Waals surface area contributed by atoms with Crippen molar-refractivity contribution < 1.29 is 9.47 Å². The fraction of sp³-hybridized carbons (Fsp3) is 0.818. The summed E-state index contributed by atoms with van der Waals surface area (Å²) in [5.41, 5.74) is 0.0425. The fourth-order valence-corrected chi connectivity index (χ4v) is 1.30. The summed E-state index contributed by atoms with van der Waals surface area (Å²) in [5.74, 6) is 0.551. The smallest absolute Gasteiger partial charge is 0.114 e. The number of hydrogen-bond donors (Lipinski definition) is 0. The zero-order chi connectivity index (χ0) is 9.73. The molecule has 1 atom stereocenters. The third-order valence-corrected chi connectivity index (χ3v) is 2.76. The number of ether oxygens (including phenoxy) is 2. The van der Waals surface area contributed by atoms with Crippen LogP contribution in [-0.2, 0) is 9.47 Å². The second kappa shape index (κ2) is 4.77. The van der Waals surface area contributed by atoms with Crippen molar-refractivity contribution in [2.75, 3.05) is 19.8 Å². The Kier molecular flexibility index (Phi) is 3.94. The summed E-state index contributed by atoms with van der Waals surface area (Å²) in [6.45, 7) is 10.4. The lowest BCUT2D eigenvalue weighted by Gasteiger charge is -2.40. The van der Waals surface area contributed by atoms with Gasteiger partial charge in [0.05, 0.1) is 13.2 Å². The van der Waals surface area contributed by atoms with E-state index in [9.17, 15) is 0 Å². The lowest BCUT2D eigenvalue weighted by atomic mass is 9.98. The molecule has 1 unspecified atom stereocenters. The second-order valence-corrected chi connectivity index (χ2v) is 3.88. The maximum atomic E-state index is 5.81. The lowest BCUT2D eigenvalue weighted by molar-refractivity contribution is -0.211. The first-order chi connectivity index (χ1) is 6.22. The molecule has 0 aliphatic carbocycles. The molecule has 1 heterocycles. The minimum absolute atomic E-state index is 0.0425. The van der Waals surface area contributed by atoms with Gasteiger partial charge in [0.25, 0.3) is 0 Å². The zero-order valence-corrected chi connectivity index (χ0v) is 8.71. The van der Waals surface area contributed by atoms with Crippen molar-refractivity contribution in [3.63, 3.8) is 0 Å². The molecule has 0 aromatic heterocycles. The third-order valence-electron chi connectivity index (χ3n) is 2.76. The van der Waals surface area contributed by atoms with Crippen molar-refractivity contribution in [3.05, 3.63) is 12.7 Å². The molecule has 0 saturated carbocycles. The van der Waals surface area contributed by atoms with Gasteiger partial charge >= 0.3 is 0 Å². The molecule has 1 aliphatic rings. The monoisotopic (exact) mass is 184 g/mol. The van der Waals surface area contributed by atoms with Gasteiger partial charge in [0, 0.05) is 6.61 Å². The van der Waals surface area contributed by atoms with Crippen LogP contribution in [0, 0.1) is 5.92 Å². The summed E-state index contributed by atoms with van der Waals surface area (Å²) >= 11 is 0. The highest BCUT2D eigenvalue weighted by Crippen LogP contribution is 2.25. The van der Waals surface area contributed by atoms with E-state index in [1.807, 2.05) is 6.08 Å². The van der Waals surface area contributed by atoms with Gasteiger partial charge in [-0.1, -0.05) is 19.9 Å². The molecule has 0 radical (unpaired) electrons. The van der Waals surface area contributed by atoms with Crippen LogP contribution in [0.5, 0.6) is 0 Å². The molecular weight excluding hydrogens is 164 g/mol. The van der Waals surface area contributed by atoms with Crippen LogP contribution in [0.2, 0.25) is 0 Å². The highest BCUT2D eigenvalue weighted by molar-refractivity contribution is 4.86. The molecule has 0 spiro atoms. The van der Waals surface area contributed by atoms with Gasteiger partial charge in [-0.25, -0.2) is 0 Å². The largest absolute Gasteiger partial charge is 0.375 e. The quantitative estimate of drug-likeness (QED) is 0.590. The van der Waals surface area contributed by atoms with E-state index in [2.05, 4.69) is 20.4 Å². The average Bonchev–Trinajstić information content (AvgIpc) is 2.09. The van der Waals surface area contributed by atoms with Crippen LogP contribution in [0.3, 0.4) is 0 Å². The Morgan fingerprint density at radius 1 is 1.62 bits per heavy atom. The van der Waals surface area contributed by atoms with Crippen molar-refractivity contribution in [2.24, 2.45) is 5.92 Å². The first-order valence-corrected chi connectivity index (χ1v) is 5.07. The Hall–Kier alpha value is -0.340. The Morgan fingerprint density at radius 3 is 2.69 bits per heavy atom. The Labute approximate surface area is 80.9 Å². The maximum Gasteiger partial charge on any atom is 0.114 e. The Balaban J connectivity index is 2.14. The van der Waals surface area contributed by atoms with Gasteiger partial charge in [-0.15, -0.1) is 6.58 Å². The van der Waals surface area contributed by atoms with E-state index in [0.717, 1.165) is 32.7 Å². The molecule has 1 saturated heterocycles. The molecule has 76 valence electrons. The first-order valence-electron chi connectivity index (χ1n) is 5.07. The van der Waals surface area contributed by atoms with Gasteiger partial charge in [0.2, 0.25) is 0 Å². The van der Waals surface area contributed by atoms with Crippen LogP contribution in [0.4, 0.5) is 0 Å². The van der Waals surface area contributed by atoms with Crippen molar-refractivity contribution in [3.8, 4) is 0 Å². The normalized spacial score (nSPS) is 22.0. The summed E-state index contributed by atoms with van der Waals surface area (Å²) in [6.07, 6.45) is 4.08. The summed E-state index contributed by atoms with van der Waals surface area (Å²) in [6, 6.07) is 0. The minimum Gasteiger partial charge on any atom is -0.375 e. The van der Waals surface area contributed by atoms with Gasteiger partial charge < -0.3 is 9.47 Å². The van der Waals surface area contributed by atoms with Gasteiger partial charge in [-0.05, 0) is 18.8 Å². The molecule has 1 rings (SSSR count). The van der Waals surface area contributed by atoms with Gasteiger partial charge in [-0.2, -0.15) is 0 Å². The summed E-state index contributed by atoms with van der Waals surface area (Å²) in [4.78, 5) is 0. The highest BCUT2D eigenvalue weighted by Gasteiger charge is 2.37. The molecule has 0 bridgehead atoms. The van der Waals surface area contributed by atoms with Crippen LogP contribution in [0.15, 0.2) is 12.7 Å². The summed E-state index contributed by atoms with van der Waals surface area (Å²) < 4.78 is 11.0. The zero-order valence-electron chi connectivity index (χ0n) is 8.71. The van der Waals surface area contributed by atoms with Crippen molar-refractivity contribution in [1.82, 2.24) is 0 Å². The number of allylic oxidation sites excluding steroid dienone is 1. The average molecular weight is 184 g/mol. The van der Waals surface area contributed by atoms with Crippen LogP contribution in [0.1, 0.15) is 26.7 Å². The van der Waals surface area contributed by atoms with E-state index in [-0.39, 0.29) is 5.60 Å². The molecule has 0 aromatic rings. The second-order valence-electron chi connectivity index (χ2n) is 3.88. The van der Waals surface area contributed by atoms with E-state index in [4.69, 9.17) is 9.47 Å². The van der Waals surface area contributed by atoms with Crippen molar-refractivity contribution in [1.29, 1.82) is 0 Å². The Morgan fingerprint density at radius 2 is 2.31 bits per heavy atom. The van der Waals surface area contributed by atoms with Crippen LogP contribution in [0.25, 0.3) is 0 Å². The molecular formula is C11H20O2. The predicted octanol–water partition coefficient (Wildman–Crippen LogP) is 2.39. The predicted molar refractivity (Wildman–Crippen MR) is 53.8 cm³/mol. The molecule has 1 aliphatic heterocycles. The summed E-state index contributed by atoms with van der Waals surface area (Å²) in [5, 5.41) is 0. The third kappa shape index (κ3) is 2.82. The maximum absolute atomic E-state index is 5.81. The highest BCUT2D eigenvalue weighted by atomic mass is 16.6. The minimum atomic E-state index is 0.0425. The van der Waals surface area contributed by atoms with E-state index in [0.29, 0.717) is 5.92 Å². The molecule has 13 heavy (non-hydrogen) atoms. The van der Waals surface area contributed by atoms with Crippen LogP contribution >= 0.6 is 0 Å². The number of rotatable bonds is 6. The van der Waals surface area contributed by atoms with E-state index in [1.165, 1.54) is 0 Å². The molecule has 0 N–H and O–H groups in total. The van der Waals surface area contributed by atoms with Crippen LogP contribution < -0.4 is 0 Å². The van der Waals surface area contributed by atoms with Gasteiger partial charge in [0.15, 0.2) is 0 Å². The number of hydrogen-bond acceptors (Lipinski definition) is 2. The van der Waals surface area contributed by atoms with E-state index >= 15 is 0 Å². The van der Waals surface area contributed by atoms with Crippen molar-refractivity contribution >= 4 is 0 Å². The lowest BCUT2D eigenvalue weighted by Crippen LogP contribution is -2.51. The van der Waals surface area contributed by atoms with E-state index < -0.39 is 0 Å². The molecule has 0 amide bonds. The molecule has 2 heteroatoms. The molecule has 2 nitrogen and oxygen atoms in total.